The van der Waals surface area contributed by atoms with Gasteiger partial charge in [-0.25, -0.2) is 4.79 Å². The summed E-state index contributed by atoms with van der Waals surface area (Å²) in [4.78, 5) is 11.4. The SMILES string of the molecule is CCCCCCCOCC(C)(N)C(=O)OCC. The Balaban J connectivity index is 3.55. The maximum Gasteiger partial charge on any atom is 0.328 e. The number of ether oxygens (including phenoxy) is 2. The molecule has 0 aromatic rings. The van der Waals surface area contributed by atoms with Gasteiger partial charge in [0.05, 0.1) is 13.2 Å². The normalized spacial score (nSPS) is 14.4. The summed E-state index contributed by atoms with van der Waals surface area (Å²) in [6.07, 6.45) is 5.97. The Hall–Kier alpha value is -0.610. The predicted molar refractivity (Wildman–Crippen MR) is 68.8 cm³/mol. The van der Waals surface area contributed by atoms with Gasteiger partial charge < -0.3 is 15.2 Å². The molecule has 0 aliphatic carbocycles. The lowest BCUT2D eigenvalue weighted by molar-refractivity contribution is -0.151. The topological polar surface area (TPSA) is 61.5 Å². The Bertz CT molecular complexity index is 205. The van der Waals surface area contributed by atoms with Gasteiger partial charge in [-0.2, -0.15) is 0 Å². The Morgan fingerprint density at radius 1 is 1.18 bits per heavy atom. The van der Waals surface area contributed by atoms with Gasteiger partial charge in [0.25, 0.3) is 0 Å². The fourth-order valence-corrected chi connectivity index (χ4v) is 1.45. The summed E-state index contributed by atoms with van der Waals surface area (Å²) in [5.74, 6) is -0.397. The van der Waals surface area contributed by atoms with E-state index in [4.69, 9.17) is 15.2 Å². The lowest BCUT2D eigenvalue weighted by Crippen LogP contribution is -2.50. The summed E-state index contributed by atoms with van der Waals surface area (Å²) >= 11 is 0. The summed E-state index contributed by atoms with van der Waals surface area (Å²) < 4.78 is 10.3. The Kier molecular flexibility index (Phi) is 9.09. The summed E-state index contributed by atoms with van der Waals surface area (Å²) in [5, 5.41) is 0. The fourth-order valence-electron chi connectivity index (χ4n) is 1.45. The molecule has 2 N–H and O–H groups in total. The van der Waals surface area contributed by atoms with E-state index in [0.717, 1.165) is 6.42 Å². The van der Waals surface area contributed by atoms with Gasteiger partial charge in [0.1, 0.15) is 5.54 Å². The highest BCUT2D eigenvalue weighted by Crippen LogP contribution is 2.06. The van der Waals surface area contributed by atoms with E-state index in [-0.39, 0.29) is 6.61 Å². The van der Waals surface area contributed by atoms with Gasteiger partial charge in [-0.3, -0.25) is 0 Å². The quantitative estimate of drug-likeness (QED) is 0.473. The van der Waals surface area contributed by atoms with Gasteiger partial charge in [0.2, 0.25) is 0 Å². The zero-order valence-electron chi connectivity index (χ0n) is 11.5. The largest absolute Gasteiger partial charge is 0.465 e. The van der Waals surface area contributed by atoms with Crippen molar-refractivity contribution in [3.8, 4) is 0 Å². The van der Waals surface area contributed by atoms with Gasteiger partial charge in [0.15, 0.2) is 0 Å². The first-order valence-electron chi connectivity index (χ1n) is 6.58. The first kappa shape index (κ1) is 16.4. The molecule has 1 atom stereocenters. The van der Waals surface area contributed by atoms with E-state index in [2.05, 4.69) is 6.92 Å². The van der Waals surface area contributed by atoms with Gasteiger partial charge in [-0.15, -0.1) is 0 Å². The van der Waals surface area contributed by atoms with Crippen LogP contribution in [0.15, 0.2) is 0 Å². The van der Waals surface area contributed by atoms with E-state index in [0.29, 0.717) is 13.2 Å². The van der Waals surface area contributed by atoms with Gasteiger partial charge in [0, 0.05) is 6.61 Å². The zero-order valence-corrected chi connectivity index (χ0v) is 11.5. The van der Waals surface area contributed by atoms with E-state index in [1.165, 1.54) is 25.7 Å². The molecule has 4 heteroatoms. The van der Waals surface area contributed by atoms with Crippen molar-refractivity contribution in [3.63, 3.8) is 0 Å². The van der Waals surface area contributed by atoms with Crippen molar-refractivity contribution in [2.24, 2.45) is 5.73 Å². The molecule has 0 aromatic carbocycles. The lowest BCUT2D eigenvalue weighted by atomic mass is 10.1. The van der Waals surface area contributed by atoms with Crippen LogP contribution in [0.3, 0.4) is 0 Å². The third kappa shape index (κ3) is 8.16. The maximum atomic E-state index is 11.4. The second-order valence-corrected chi connectivity index (χ2v) is 4.60. The van der Waals surface area contributed by atoms with E-state index in [1.807, 2.05) is 0 Å². The van der Waals surface area contributed by atoms with Crippen LogP contribution in [-0.4, -0.2) is 31.3 Å². The monoisotopic (exact) mass is 245 g/mol. The highest BCUT2D eigenvalue weighted by Gasteiger charge is 2.30. The van der Waals surface area contributed by atoms with Crippen molar-refractivity contribution in [3.05, 3.63) is 0 Å². The number of rotatable bonds is 10. The molecule has 0 saturated heterocycles. The minimum absolute atomic E-state index is 0.222. The minimum Gasteiger partial charge on any atom is -0.465 e. The molecule has 0 aliphatic rings. The highest BCUT2D eigenvalue weighted by molar-refractivity contribution is 5.80. The smallest absolute Gasteiger partial charge is 0.328 e. The molecule has 1 unspecified atom stereocenters. The van der Waals surface area contributed by atoms with Crippen LogP contribution in [0.25, 0.3) is 0 Å². The molecule has 102 valence electrons. The second-order valence-electron chi connectivity index (χ2n) is 4.60. The molecular formula is C13H27NO3. The molecule has 4 nitrogen and oxygen atoms in total. The van der Waals surface area contributed by atoms with E-state index >= 15 is 0 Å². The first-order valence-corrected chi connectivity index (χ1v) is 6.58. The van der Waals surface area contributed by atoms with Gasteiger partial charge in [-0.1, -0.05) is 32.6 Å². The number of carbonyl (C=O) groups is 1. The molecule has 0 radical (unpaired) electrons. The molecule has 0 spiro atoms. The van der Waals surface area contributed by atoms with Crippen LogP contribution in [0.4, 0.5) is 0 Å². The molecule has 0 aromatic heterocycles. The van der Waals surface area contributed by atoms with Crippen molar-refractivity contribution < 1.29 is 14.3 Å². The number of hydrogen-bond acceptors (Lipinski definition) is 4. The van der Waals surface area contributed by atoms with Crippen molar-refractivity contribution in [1.82, 2.24) is 0 Å². The van der Waals surface area contributed by atoms with Crippen LogP contribution < -0.4 is 5.73 Å². The number of nitrogens with two attached hydrogens (primary N) is 1. The molecule has 0 aliphatic heterocycles. The molecule has 0 fully saturated rings. The number of esters is 1. The Labute approximate surface area is 105 Å². The lowest BCUT2D eigenvalue weighted by Gasteiger charge is -2.21. The molecule has 0 saturated carbocycles. The van der Waals surface area contributed by atoms with Crippen molar-refractivity contribution in [1.29, 1.82) is 0 Å². The van der Waals surface area contributed by atoms with E-state index < -0.39 is 11.5 Å². The van der Waals surface area contributed by atoms with Crippen LogP contribution in [-0.2, 0) is 14.3 Å². The van der Waals surface area contributed by atoms with Crippen LogP contribution >= 0.6 is 0 Å². The van der Waals surface area contributed by atoms with Crippen LogP contribution in [0.2, 0.25) is 0 Å². The Morgan fingerprint density at radius 3 is 2.41 bits per heavy atom. The van der Waals surface area contributed by atoms with Gasteiger partial charge in [-0.05, 0) is 20.3 Å². The zero-order chi connectivity index (χ0) is 13.1. The summed E-state index contributed by atoms with van der Waals surface area (Å²) in [5.41, 5.74) is 4.78. The molecule has 0 bridgehead atoms. The number of carbonyl (C=O) groups excluding carboxylic acids is 1. The fraction of sp³-hybridized carbons (Fsp3) is 0.923. The van der Waals surface area contributed by atoms with Crippen molar-refractivity contribution in [2.45, 2.75) is 58.4 Å². The van der Waals surface area contributed by atoms with Crippen LogP contribution in [0, 0.1) is 0 Å². The summed E-state index contributed by atoms with van der Waals surface area (Å²) in [7, 11) is 0. The highest BCUT2D eigenvalue weighted by atomic mass is 16.5. The third-order valence-corrected chi connectivity index (χ3v) is 2.54. The molecule has 0 amide bonds. The van der Waals surface area contributed by atoms with E-state index in [1.54, 1.807) is 13.8 Å². The van der Waals surface area contributed by atoms with E-state index in [9.17, 15) is 4.79 Å². The molecular weight excluding hydrogens is 218 g/mol. The van der Waals surface area contributed by atoms with Gasteiger partial charge >= 0.3 is 5.97 Å². The average Bonchev–Trinajstić information content (AvgIpc) is 2.28. The molecule has 0 rings (SSSR count). The van der Waals surface area contributed by atoms with Crippen molar-refractivity contribution in [2.75, 3.05) is 19.8 Å². The second kappa shape index (κ2) is 9.42. The first-order chi connectivity index (χ1) is 8.04. The summed E-state index contributed by atoms with van der Waals surface area (Å²) in [6.45, 7) is 6.83. The number of unbranched alkanes of at least 4 members (excludes halogenated alkanes) is 4. The van der Waals surface area contributed by atoms with Crippen LogP contribution in [0.5, 0.6) is 0 Å². The summed E-state index contributed by atoms with van der Waals surface area (Å²) in [6, 6.07) is 0. The Morgan fingerprint density at radius 2 is 1.82 bits per heavy atom. The minimum atomic E-state index is -1.03. The molecule has 0 heterocycles. The predicted octanol–water partition coefficient (Wildman–Crippen LogP) is 2.25. The molecule has 17 heavy (non-hydrogen) atoms. The average molecular weight is 245 g/mol. The van der Waals surface area contributed by atoms with Crippen molar-refractivity contribution >= 4 is 5.97 Å². The standard InChI is InChI=1S/C13H27NO3/c1-4-6-7-8-9-10-16-11-13(3,14)12(15)17-5-2/h4-11,14H2,1-3H3. The van der Waals surface area contributed by atoms with Crippen LogP contribution in [0.1, 0.15) is 52.9 Å². The third-order valence-electron chi connectivity index (χ3n) is 2.54. The number of hydrogen-bond donors (Lipinski definition) is 1. The maximum absolute atomic E-state index is 11.4.